The highest BCUT2D eigenvalue weighted by Crippen LogP contribution is 2.37. The minimum atomic E-state index is -6.03. The van der Waals surface area contributed by atoms with E-state index in [1.54, 1.807) is 0 Å². The Labute approximate surface area is 70.6 Å². The molecule has 80 valence electrons. The third kappa shape index (κ3) is 3.43. The number of alkyl halides is 5. The van der Waals surface area contributed by atoms with Crippen LogP contribution in [0.3, 0.4) is 0 Å². The van der Waals surface area contributed by atoms with Crippen molar-refractivity contribution < 1.29 is 34.6 Å². The summed E-state index contributed by atoms with van der Waals surface area (Å²) in [5.74, 6) is -0.960. The summed E-state index contributed by atoms with van der Waals surface area (Å²) >= 11 is 0. The van der Waals surface area contributed by atoms with Crippen molar-refractivity contribution in [1.29, 1.82) is 0 Å². The molecule has 0 amide bonds. The van der Waals surface area contributed by atoms with E-state index < -0.39 is 28.2 Å². The van der Waals surface area contributed by atoms with Gasteiger partial charge in [-0.3, -0.25) is 0 Å². The van der Waals surface area contributed by atoms with Crippen LogP contribution < -0.4 is 0 Å². The number of rotatable bonds is 3. The van der Waals surface area contributed by atoms with Gasteiger partial charge < -0.3 is 0 Å². The van der Waals surface area contributed by atoms with Gasteiger partial charge in [0.1, 0.15) is 0 Å². The van der Waals surface area contributed by atoms with Crippen molar-refractivity contribution in [3.8, 4) is 0 Å². The number of halogens is 5. The van der Waals surface area contributed by atoms with Crippen LogP contribution in [-0.2, 0) is 14.3 Å². The Bertz CT molecular complexity index is 266. The molecule has 0 fully saturated rings. The Kier molecular flexibility index (Phi) is 3.26. The monoisotopic (exact) mass is 228 g/mol. The van der Waals surface area contributed by atoms with Crippen molar-refractivity contribution in [2.75, 3.05) is 5.75 Å². The zero-order chi connectivity index (χ0) is 10.9. The summed E-state index contributed by atoms with van der Waals surface area (Å²) in [6.07, 6.45) is -11.7. The van der Waals surface area contributed by atoms with Gasteiger partial charge in [-0.15, -0.1) is 0 Å². The quantitative estimate of drug-likeness (QED) is 0.543. The molecule has 0 saturated carbocycles. The molecule has 0 bridgehead atoms. The second-order valence-electron chi connectivity index (χ2n) is 1.94. The third-order valence-electron chi connectivity index (χ3n) is 0.915. The van der Waals surface area contributed by atoms with E-state index in [2.05, 4.69) is 4.18 Å². The van der Waals surface area contributed by atoms with Crippen molar-refractivity contribution in [1.82, 2.24) is 0 Å². The normalized spacial score (nSPS) is 14.6. The molecule has 0 N–H and O–H groups in total. The molecule has 0 saturated heterocycles. The van der Waals surface area contributed by atoms with Gasteiger partial charge in [0.2, 0.25) is 0 Å². The van der Waals surface area contributed by atoms with Crippen molar-refractivity contribution in [2.45, 2.75) is 19.2 Å². The number of hydrogen-bond donors (Lipinski definition) is 0. The van der Waals surface area contributed by atoms with E-state index >= 15 is 0 Å². The van der Waals surface area contributed by atoms with Crippen molar-refractivity contribution in [2.24, 2.45) is 0 Å². The van der Waals surface area contributed by atoms with Gasteiger partial charge >= 0.3 is 12.3 Å². The van der Waals surface area contributed by atoms with Crippen molar-refractivity contribution in [3.05, 3.63) is 0 Å². The first-order valence-electron chi connectivity index (χ1n) is 2.89. The second-order valence-corrected chi connectivity index (χ2v) is 3.80. The lowest BCUT2D eigenvalue weighted by atomic mass is 10.6. The van der Waals surface area contributed by atoms with Gasteiger partial charge in [-0.1, -0.05) is 0 Å². The lowest BCUT2D eigenvalue weighted by Crippen LogP contribution is -2.41. The molecule has 9 heteroatoms. The molecule has 0 heterocycles. The molecular weight excluding hydrogens is 223 g/mol. The van der Waals surface area contributed by atoms with Gasteiger partial charge in [0.15, 0.2) is 0 Å². The molecular formula is C4H5F5O3S. The van der Waals surface area contributed by atoms with Crippen LogP contribution in [0, 0.1) is 0 Å². The van der Waals surface area contributed by atoms with Crippen LogP contribution in [-0.4, -0.2) is 26.5 Å². The van der Waals surface area contributed by atoms with Crippen LogP contribution in [0.25, 0.3) is 0 Å². The fourth-order valence-electron chi connectivity index (χ4n) is 0.266. The first kappa shape index (κ1) is 12.6. The smallest absolute Gasteiger partial charge is 0.199 e. The summed E-state index contributed by atoms with van der Waals surface area (Å²) in [4.78, 5) is 0. The van der Waals surface area contributed by atoms with Gasteiger partial charge in [0, 0.05) is 0 Å². The second kappa shape index (κ2) is 3.37. The molecule has 0 rings (SSSR count). The highest BCUT2D eigenvalue weighted by molar-refractivity contribution is 7.86. The fraction of sp³-hybridized carbons (Fsp3) is 1.00. The largest absolute Gasteiger partial charge is 0.484 e. The summed E-state index contributed by atoms with van der Waals surface area (Å²) in [5.41, 5.74) is 0. The van der Waals surface area contributed by atoms with Crippen LogP contribution in [0.4, 0.5) is 22.0 Å². The zero-order valence-electron chi connectivity index (χ0n) is 6.23. The zero-order valence-corrected chi connectivity index (χ0v) is 7.05. The molecule has 0 aromatic rings. The molecule has 0 aliphatic heterocycles. The van der Waals surface area contributed by atoms with Gasteiger partial charge in [-0.2, -0.15) is 34.6 Å². The van der Waals surface area contributed by atoms with Crippen LogP contribution in [0.1, 0.15) is 6.92 Å². The number of hydrogen-bond acceptors (Lipinski definition) is 3. The van der Waals surface area contributed by atoms with E-state index in [0.29, 0.717) is 0 Å². The average Bonchev–Trinajstić information content (AvgIpc) is 1.83. The molecule has 0 atom stereocenters. The third-order valence-corrected chi connectivity index (χ3v) is 2.09. The molecule has 0 aliphatic carbocycles. The summed E-state index contributed by atoms with van der Waals surface area (Å²) < 4.78 is 81.0. The Morgan fingerprint density at radius 3 is 1.77 bits per heavy atom. The molecule has 0 unspecified atom stereocenters. The summed E-state index contributed by atoms with van der Waals surface area (Å²) in [6, 6.07) is 0. The lowest BCUT2D eigenvalue weighted by Gasteiger charge is -2.17. The predicted molar refractivity (Wildman–Crippen MR) is 31.5 cm³/mol. The van der Waals surface area contributed by atoms with Crippen LogP contribution in [0.5, 0.6) is 0 Å². The molecule has 0 radical (unpaired) electrons. The van der Waals surface area contributed by atoms with Crippen LogP contribution >= 0.6 is 0 Å². The first-order valence-corrected chi connectivity index (χ1v) is 4.47. The maximum absolute atomic E-state index is 11.9. The molecule has 3 nitrogen and oxygen atoms in total. The van der Waals surface area contributed by atoms with E-state index in [4.69, 9.17) is 0 Å². The molecule has 0 aliphatic rings. The molecule has 0 aromatic heterocycles. The minimum Gasteiger partial charge on any atom is -0.199 e. The van der Waals surface area contributed by atoms with E-state index in [0.717, 1.165) is 6.92 Å². The van der Waals surface area contributed by atoms with Gasteiger partial charge in [-0.25, -0.2) is 0 Å². The van der Waals surface area contributed by atoms with Gasteiger partial charge in [0.25, 0.3) is 10.1 Å². The van der Waals surface area contributed by atoms with E-state index in [9.17, 15) is 30.4 Å². The van der Waals surface area contributed by atoms with E-state index in [1.807, 2.05) is 0 Å². The van der Waals surface area contributed by atoms with Crippen molar-refractivity contribution >= 4 is 10.1 Å². The molecule has 0 spiro atoms. The summed E-state index contributed by atoms with van der Waals surface area (Å²) in [6.45, 7) is 0.877. The first-order chi connectivity index (χ1) is 5.52. The SMILES string of the molecule is CCS(=O)(=O)OC(F)(F)C(F)(F)F. The van der Waals surface area contributed by atoms with Gasteiger partial charge in [0.05, 0.1) is 5.75 Å². The lowest BCUT2D eigenvalue weighted by molar-refractivity contribution is -0.359. The van der Waals surface area contributed by atoms with Crippen LogP contribution in [0.15, 0.2) is 0 Å². The summed E-state index contributed by atoms with van der Waals surface area (Å²) in [7, 11) is -4.83. The Morgan fingerprint density at radius 1 is 1.15 bits per heavy atom. The highest BCUT2D eigenvalue weighted by Gasteiger charge is 2.62. The van der Waals surface area contributed by atoms with E-state index in [-0.39, 0.29) is 0 Å². The van der Waals surface area contributed by atoms with Crippen LogP contribution in [0.2, 0.25) is 0 Å². The fourth-order valence-corrected chi connectivity index (χ4v) is 0.797. The van der Waals surface area contributed by atoms with E-state index in [1.165, 1.54) is 0 Å². The summed E-state index contributed by atoms with van der Waals surface area (Å²) in [5, 5.41) is 0. The average molecular weight is 228 g/mol. The Morgan fingerprint density at radius 2 is 1.54 bits per heavy atom. The minimum absolute atomic E-state index is 0.877. The highest BCUT2D eigenvalue weighted by atomic mass is 32.2. The van der Waals surface area contributed by atoms with Crippen molar-refractivity contribution in [3.63, 3.8) is 0 Å². The Hall–Kier alpha value is -0.440. The maximum Gasteiger partial charge on any atom is 0.484 e. The standard InChI is InChI=1S/C4H5F5O3S/c1-2-13(10,11)12-4(8,9)3(5,6)7/h2H2,1H3. The molecule has 0 aromatic carbocycles. The topological polar surface area (TPSA) is 43.4 Å². The maximum atomic E-state index is 11.9. The molecule has 13 heavy (non-hydrogen) atoms. The van der Waals surface area contributed by atoms with Gasteiger partial charge in [-0.05, 0) is 6.92 Å². The predicted octanol–water partition coefficient (Wildman–Crippen LogP) is 1.51. The Balaban J connectivity index is 4.72.